The first kappa shape index (κ1) is 23.1. The van der Waals surface area contributed by atoms with Gasteiger partial charge in [0.1, 0.15) is 12.0 Å². The molecule has 0 unspecified atom stereocenters. The van der Waals surface area contributed by atoms with Crippen molar-refractivity contribution in [1.82, 2.24) is 10.2 Å². The molecule has 0 aromatic heterocycles. The van der Waals surface area contributed by atoms with E-state index >= 15 is 0 Å². The lowest BCUT2D eigenvalue weighted by Crippen LogP contribution is -2.49. The van der Waals surface area contributed by atoms with Gasteiger partial charge >= 0.3 is 0 Å². The van der Waals surface area contributed by atoms with E-state index in [4.69, 9.17) is 0 Å². The van der Waals surface area contributed by atoms with Crippen LogP contribution in [0.2, 0.25) is 0 Å². The predicted molar refractivity (Wildman–Crippen MR) is 131 cm³/mol. The Morgan fingerprint density at radius 1 is 1.09 bits per heavy atom. The zero-order valence-corrected chi connectivity index (χ0v) is 19.7. The van der Waals surface area contributed by atoms with Crippen LogP contribution in [0.15, 0.2) is 54.6 Å². The lowest BCUT2D eigenvalue weighted by molar-refractivity contribution is -0.142. The maximum absolute atomic E-state index is 13.9. The topological polar surface area (TPSA) is 102 Å². The molecule has 7 nitrogen and oxygen atoms in total. The standard InChI is InChI=1S/C28H30N4O3/c29-17-21-16-28(23-13-7-8-14-24(23)31-27(28)35)18-32(21)26(34)22(15-19-9-3-1-4-10-19)25(33)30-20-11-5-2-6-12-20/h1,3-4,7-10,13-14,20-22H,2,5-6,11-12,15-16,18H2,(H,30,33)(H,31,35)/t21-,22+,28-/m0/s1. The van der Waals surface area contributed by atoms with Gasteiger partial charge in [0.2, 0.25) is 17.7 Å². The molecule has 1 saturated carbocycles. The second-order valence-corrected chi connectivity index (χ2v) is 9.98. The Bertz CT molecular complexity index is 1170. The zero-order valence-electron chi connectivity index (χ0n) is 19.7. The summed E-state index contributed by atoms with van der Waals surface area (Å²) in [6.07, 6.45) is 5.63. The van der Waals surface area contributed by atoms with Gasteiger partial charge in [0, 0.05) is 24.7 Å². The van der Waals surface area contributed by atoms with Crippen molar-refractivity contribution < 1.29 is 14.4 Å². The molecular formula is C28H30N4O3. The number of hydrogen-bond donors (Lipinski definition) is 2. The Hall–Kier alpha value is -3.66. The highest BCUT2D eigenvalue weighted by Crippen LogP contribution is 2.46. The number of fused-ring (bicyclic) bond motifs is 2. The molecule has 2 N–H and O–H groups in total. The maximum atomic E-state index is 13.9. The van der Waals surface area contributed by atoms with Crippen LogP contribution in [-0.4, -0.2) is 41.2 Å². The summed E-state index contributed by atoms with van der Waals surface area (Å²) in [6, 6.07) is 18.4. The molecule has 3 amide bonds. The van der Waals surface area contributed by atoms with Crippen LogP contribution in [0.3, 0.4) is 0 Å². The zero-order chi connectivity index (χ0) is 24.4. The summed E-state index contributed by atoms with van der Waals surface area (Å²) in [5, 5.41) is 16.0. The molecule has 180 valence electrons. The molecule has 35 heavy (non-hydrogen) atoms. The minimum atomic E-state index is -0.968. The summed E-state index contributed by atoms with van der Waals surface area (Å²) in [6.45, 7) is 0.0922. The third kappa shape index (κ3) is 4.29. The first-order chi connectivity index (χ1) is 17.0. The number of anilines is 1. The largest absolute Gasteiger partial charge is 0.353 e. The van der Waals surface area contributed by atoms with Crippen LogP contribution in [0, 0.1) is 17.2 Å². The van der Waals surface area contributed by atoms with E-state index in [1.807, 2.05) is 54.6 Å². The Kier molecular flexibility index (Phi) is 6.29. The molecule has 0 bridgehead atoms. The van der Waals surface area contributed by atoms with Gasteiger partial charge in [0.05, 0.1) is 11.5 Å². The van der Waals surface area contributed by atoms with Crippen molar-refractivity contribution in [3.05, 3.63) is 65.7 Å². The Morgan fingerprint density at radius 3 is 2.54 bits per heavy atom. The van der Waals surface area contributed by atoms with E-state index in [-0.39, 0.29) is 43.1 Å². The van der Waals surface area contributed by atoms with Gasteiger partial charge in [-0.3, -0.25) is 14.4 Å². The molecule has 1 saturated heterocycles. The van der Waals surface area contributed by atoms with Gasteiger partial charge in [-0.1, -0.05) is 67.8 Å². The fourth-order valence-corrected chi connectivity index (χ4v) is 5.88. The number of para-hydroxylation sites is 1. The number of nitriles is 1. The third-order valence-corrected chi connectivity index (χ3v) is 7.76. The minimum Gasteiger partial charge on any atom is -0.353 e. The van der Waals surface area contributed by atoms with Gasteiger partial charge in [0.25, 0.3) is 0 Å². The van der Waals surface area contributed by atoms with Gasteiger partial charge < -0.3 is 15.5 Å². The van der Waals surface area contributed by atoms with Crippen molar-refractivity contribution in [3.8, 4) is 6.07 Å². The Morgan fingerprint density at radius 2 is 1.80 bits per heavy atom. The van der Waals surface area contributed by atoms with Gasteiger partial charge in [-0.2, -0.15) is 5.26 Å². The normalized spacial score (nSPS) is 24.5. The molecule has 3 atom stereocenters. The molecule has 2 aliphatic heterocycles. The van der Waals surface area contributed by atoms with Crippen LogP contribution >= 0.6 is 0 Å². The Labute approximate surface area is 205 Å². The van der Waals surface area contributed by atoms with Crippen molar-refractivity contribution >= 4 is 23.4 Å². The number of nitrogens with zero attached hydrogens (tertiary/aromatic N) is 2. The number of carbonyl (C=O) groups is 3. The summed E-state index contributed by atoms with van der Waals surface area (Å²) in [4.78, 5) is 42.0. The van der Waals surface area contributed by atoms with Crippen molar-refractivity contribution in [3.63, 3.8) is 0 Å². The van der Waals surface area contributed by atoms with Crippen LogP contribution < -0.4 is 10.6 Å². The molecule has 7 heteroatoms. The molecule has 2 heterocycles. The lowest BCUT2D eigenvalue weighted by Gasteiger charge is -2.29. The number of likely N-dealkylation sites (tertiary alicyclic amines) is 1. The molecule has 1 aliphatic carbocycles. The number of rotatable bonds is 5. The monoisotopic (exact) mass is 470 g/mol. The van der Waals surface area contributed by atoms with Gasteiger partial charge in [-0.15, -0.1) is 0 Å². The molecule has 2 fully saturated rings. The van der Waals surface area contributed by atoms with Crippen LogP contribution in [0.25, 0.3) is 0 Å². The van der Waals surface area contributed by atoms with Crippen LogP contribution in [0.5, 0.6) is 0 Å². The molecule has 0 radical (unpaired) electrons. The molecule has 2 aromatic carbocycles. The van der Waals surface area contributed by atoms with Crippen molar-refractivity contribution in [2.24, 2.45) is 5.92 Å². The fourth-order valence-electron chi connectivity index (χ4n) is 5.88. The van der Waals surface area contributed by atoms with Crippen LogP contribution in [0.4, 0.5) is 5.69 Å². The Balaban J connectivity index is 1.43. The van der Waals surface area contributed by atoms with E-state index in [1.54, 1.807) is 0 Å². The highest BCUT2D eigenvalue weighted by molar-refractivity contribution is 6.08. The molecule has 5 rings (SSSR count). The average molecular weight is 471 g/mol. The minimum absolute atomic E-state index is 0.0755. The van der Waals surface area contributed by atoms with Crippen LogP contribution in [-0.2, 0) is 26.2 Å². The highest BCUT2D eigenvalue weighted by atomic mass is 16.2. The second kappa shape index (κ2) is 9.53. The highest BCUT2D eigenvalue weighted by Gasteiger charge is 2.56. The second-order valence-electron chi connectivity index (χ2n) is 9.98. The van der Waals surface area contributed by atoms with E-state index in [1.165, 1.54) is 11.3 Å². The quantitative estimate of drug-likeness (QED) is 0.655. The number of amides is 3. The summed E-state index contributed by atoms with van der Waals surface area (Å²) < 4.78 is 0. The SMILES string of the molecule is N#C[C@@H]1C[C@@]2(CN1C(=O)[C@H](Cc1ccccc1)C(=O)NC1CCCCC1)C(=O)Nc1ccccc12. The molecule has 1 spiro atoms. The van der Waals surface area contributed by atoms with Gasteiger partial charge in [-0.25, -0.2) is 0 Å². The summed E-state index contributed by atoms with van der Waals surface area (Å²) in [5.74, 6) is -1.83. The fraction of sp³-hybridized carbons (Fsp3) is 0.429. The van der Waals surface area contributed by atoms with E-state index < -0.39 is 17.4 Å². The predicted octanol–water partition coefficient (Wildman–Crippen LogP) is 3.31. The smallest absolute Gasteiger partial charge is 0.237 e. The number of benzene rings is 2. The van der Waals surface area contributed by atoms with Crippen molar-refractivity contribution in [2.75, 3.05) is 11.9 Å². The van der Waals surface area contributed by atoms with E-state index in [0.29, 0.717) is 0 Å². The summed E-state index contributed by atoms with van der Waals surface area (Å²) in [5.41, 5.74) is 1.45. The third-order valence-electron chi connectivity index (χ3n) is 7.76. The first-order valence-electron chi connectivity index (χ1n) is 12.5. The molecule has 3 aliphatic rings. The molecular weight excluding hydrogens is 440 g/mol. The first-order valence-corrected chi connectivity index (χ1v) is 12.5. The number of hydrogen-bond acceptors (Lipinski definition) is 4. The maximum Gasteiger partial charge on any atom is 0.237 e. The van der Waals surface area contributed by atoms with E-state index in [2.05, 4.69) is 16.7 Å². The average Bonchev–Trinajstić information content (AvgIpc) is 3.41. The lowest BCUT2D eigenvalue weighted by atomic mass is 9.80. The van der Waals surface area contributed by atoms with E-state index in [0.717, 1.165) is 42.5 Å². The number of carbonyl (C=O) groups excluding carboxylic acids is 3. The summed E-state index contributed by atoms with van der Waals surface area (Å²) in [7, 11) is 0. The van der Waals surface area contributed by atoms with E-state index in [9.17, 15) is 19.6 Å². The summed E-state index contributed by atoms with van der Waals surface area (Å²) >= 11 is 0. The van der Waals surface area contributed by atoms with Crippen molar-refractivity contribution in [2.45, 2.75) is 62.4 Å². The van der Waals surface area contributed by atoms with Crippen molar-refractivity contribution in [1.29, 1.82) is 5.26 Å². The number of nitrogens with one attached hydrogen (secondary N) is 2. The van der Waals surface area contributed by atoms with Gasteiger partial charge in [-0.05, 0) is 36.5 Å². The van der Waals surface area contributed by atoms with Crippen LogP contribution in [0.1, 0.15) is 49.7 Å². The van der Waals surface area contributed by atoms with Gasteiger partial charge in [0.15, 0.2) is 0 Å². The molecule has 2 aromatic rings.